The summed E-state index contributed by atoms with van der Waals surface area (Å²) in [7, 11) is 0. The fourth-order valence-corrected chi connectivity index (χ4v) is 7.24. The van der Waals surface area contributed by atoms with Gasteiger partial charge in [0.05, 0.1) is 11.9 Å². The third-order valence-electron chi connectivity index (χ3n) is 9.57. The van der Waals surface area contributed by atoms with Crippen molar-refractivity contribution in [2.45, 2.75) is 0 Å². The van der Waals surface area contributed by atoms with Crippen molar-refractivity contribution in [3.8, 4) is 22.3 Å². The van der Waals surface area contributed by atoms with Crippen molar-refractivity contribution in [1.29, 1.82) is 0 Å². The number of benzene rings is 7. The molecule has 0 unspecified atom stereocenters. The Bertz CT molecular complexity index is 2830. The van der Waals surface area contributed by atoms with Gasteiger partial charge in [0.1, 0.15) is 16.7 Å². The van der Waals surface area contributed by atoms with Crippen molar-refractivity contribution < 1.29 is 8.83 Å². The van der Waals surface area contributed by atoms with E-state index in [4.69, 9.17) is 8.83 Å². The van der Waals surface area contributed by atoms with Crippen molar-refractivity contribution >= 4 is 71.7 Å². The Kier molecular flexibility index (Phi) is 6.15. The molecule has 0 N–H and O–H groups in total. The molecule has 3 heterocycles. The number of furan rings is 2. The van der Waals surface area contributed by atoms with Crippen molar-refractivity contribution in [1.82, 2.24) is 4.98 Å². The van der Waals surface area contributed by atoms with Gasteiger partial charge in [-0.05, 0) is 82.1 Å². The van der Waals surface area contributed by atoms with E-state index in [0.29, 0.717) is 0 Å². The molecule has 0 radical (unpaired) electrons. The summed E-state index contributed by atoms with van der Waals surface area (Å²) in [5.74, 6) is 0. The van der Waals surface area contributed by atoms with E-state index >= 15 is 0 Å². The lowest BCUT2D eigenvalue weighted by molar-refractivity contribution is 0.667. The van der Waals surface area contributed by atoms with E-state index in [1.807, 2.05) is 24.4 Å². The maximum atomic E-state index is 6.36. The fourth-order valence-electron chi connectivity index (χ4n) is 7.24. The SMILES string of the molecule is c1ccc(-c2ccccc2N(c2ccc(-c3ccc4ccc5oc6cnccc6c5c4c3)cc2)c2ccc3c(c2)oc2ccccc23)cc1. The van der Waals surface area contributed by atoms with Gasteiger partial charge in [-0.2, -0.15) is 0 Å². The Hall–Kier alpha value is -6.65. The van der Waals surface area contributed by atoms with Crippen LogP contribution in [0.5, 0.6) is 0 Å². The number of hydrogen-bond acceptors (Lipinski definition) is 4. The van der Waals surface area contributed by atoms with Crippen LogP contribution in [0, 0.1) is 0 Å². The summed E-state index contributed by atoms with van der Waals surface area (Å²) in [6.07, 6.45) is 3.61. The fraction of sp³-hybridized carbons (Fsp3) is 0. The highest BCUT2D eigenvalue weighted by Gasteiger charge is 2.19. The van der Waals surface area contributed by atoms with Gasteiger partial charge in [0.2, 0.25) is 0 Å². The van der Waals surface area contributed by atoms with Crippen LogP contribution in [0.1, 0.15) is 0 Å². The van der Waals surface area contributed by atoms with E-state index in [-0.39, 0.29) is 0 Å². The summed E-state index contributed by atoms with van der Waals surface area (Å²) in [6.45, 7) is 0. The number of hydrogen-bond donors (Lipinski definition) is 0. The second-order valence-corrected chi connectivity index (χ2v) is 12.4. The first-order valence-corrected chi connectivity index (χ1v) is 16.4. The molecule has 0 bridgehead atoms. The normalized spacial score (nSPS) is 11.7. The highest BCUT2D eigenvalue weighted by Crippen LogP contribution is 2.43. The lowest BCUT2D eigenvalue weighted by Gasteiger charge is -2.28. The molecule has 0 aliphatic heterocycles. The van der Waals surface area contributed by atoms with Gasteiger partial charge in [0, 0.05) is 50.7 Å². The molecule has 0 amide bonds. The van der Waals surface area contributed by atoms with E-state index in [9.17, 15) is 0 Å². The number of anilines is 3. The minimum absolute atomic E-state index is 0.802. The molecule has 0 spiro atoms. The Morgan fingerprint density at radius 1 is 0.429 bits per heavy atom. The Labute approximate surface area is 282 Å². The van der Waals surface area contributed by atoms with E-state index in [1.165, 1.54) is 10.8 Å². The van der Waals surface area contributed by atoms with Crippen LogP contribution >= 0.6 is 0 Å². The maximum absolute atomic E-state index is 6.36. The molecule has 0 saturated heterocycles. The average Bonchev–Trinajstić information content (AvgIpc) is 3.74. The maximum Gasteiger partial charge on any atom is 0.153 e. The van der Waals surface area contributed by atoms with Crippen LogP contribution < -0.4 is 4.90 Å². The standard InChI is InChI=1S/C45H28N2O2/c1-2-8-30(9-3-1)35-10-4-6-12-40(35)47(34-21-22-37-36-11-5-7-13-41(36)48-43(37)27-34)33-19-16-29(17-20-33)32-15-14-31-18-23-42-45(39(31)26-32)38-24-25-46-28-44(38)49-42/h1-28H. The third kappa shape index (κ3) is 4.49. The molecule has 0 saturated carbocycles. The zero-order chi connectivity index (χ0) is 32.3. The predicted octanol–water partition coefficient (Wildman–Crippen LogP) is 12.8. The summed E-state index contributed by atoms with van der Waals surface area (Å²) in [4.78, 5) is 6.59. The van der Waals surface area contributed by atoms with Gasteiger partial charge in [0.25, 0.3) is 0 Å². The summed E-state index contributed by atoms with van der Waals surface area (Å²) in [5, 5.41) is 6.78. The first kappa shape index (κ1) is 27.5. The van der Waals surface area contributed by atoms with Crippen LogP contribution in [0.15, 0.2) is 179 Å². The van der Waals surface area contributed by atoms with Crippen LogP contribution in [0.25, 0.3) is 76.9 Å². The van der Waals surface area contributed by atoms with Crippen LogP contribution in [0.4, 0.5) is 17.1 Å². The number of pyridine rings is 1. The molecule has 0 fully saturated rings. The van der Waals surface area contributed by atoms with E-state index in [1.54, 1.807) is 6.20 Å². The Morgan fingerprint density at radius 3 is 2.08 bits per heavy atom. The lowest BCUT2D eigenvalue weighted by atomic mass is 9.97. The molecule has 230 valence electrons. The summed E-state index contributed by atoms with van der Waals surface area (Å²) >= 11 is 0. The number of fused-ring (bicyclic) bond motifs is 8. The molecular weight excluding hydrogens is 601 g/mol. The van der Waals surface area contributed by atoms with Crippen LogP contribution in [-0.4, -0.2) is 4.98 Å². The summed E-state index contributed by atoms with van der Waals surface area (Å²) < 4.78 is 12.5. The largest absolute Gasteiger partial charge is 0.456 e. The van der Waals surface area contributed by atoms with Gasteiger partial charge in [-0.15, -0.1) is 0 Å². The van der Waals surface area contributed by atoms with Crippen LogP contribution in [0.2, 0.25) is 0 Å². The monoisotopic (exact) mass is 628 g/mol. The molecular formula is C45H28N2O2. The minimum Gasteiger partial charge on any atom is -0.456 e. The van der Waals surface area contributed by atoms with Crippen molar-refractivity contribution in [2.24, 2.45) is 0 Å². The highest BCUT2D eigenvalue weighted by molar-refractivity contribution is 6.19. The molecule has 49 heavy (non-hydrogen) atoms. The van der Waals surface area contributed by atoms with E-state index in [2.05, 4.69) is 149 Å². The quantitative estimate of drug-likeness (QED) is 0.190. The molecule has 0 aliphatic rings. The zero-order valence-corrected chi connectivity index (χ0v) is 26.4. The average molecular weight is 629 g/mol. The molecule has 3 aromatic heterocycles. The van der Waals surface area contributed by atoms with Crippen molar-refractivity contribution in [3.05, 3.63) is 170 Å². The van der Waals surface area contributed by atoms with Crippen molar-refractivity contribution in [3.63, 3.8) is 0 Å². The second kappa shape index (κ2) is 11.0. The number of nitrogens with zero attached hydrogens (tertiary/aromatic N) is 2. The van der Waals surface area contributed by atoms with Crippen LogP contribution in [0.3, 0.4) is 0 Å². The van der Waals surface area contributed by atoms with Crippen LogP contribution in [-0.2, 0) is 0 Å². The predicted molar refractivity (Wildman–Crippen MR) is 202 cm³/mol. The molecule has 0 aliphatic carbocycles. The first-order valence-electron chi connectivity index (χ1n) is 16.4. The van der Waals surface area contributed by atoms with Gasteiger partial charge in [0.15, 0.2) is 5.58 Å². The molecule has 4 heteroatoms. The van der Waals surface area contributed by atoms with Gasteiger partial charge in [-0.1, -0.05) is 97.1 Å². The second-order valence-electron chi connectivity index (χ2n) is 12.4. The Balaban J connectivity index is 1.12. The van der Waals surface area contributed by atoms with Crippen molar-refractivity contribution in [2.75, 3.05) is 4.90 Å². The van der Waals surface area contributed by atoms with Gasteiger partial charge >= 0.3 is 0 Å². The molecule has 4 nitrogen and oxygen atoms in total. The summed E-state index contributed by atoms with van der Waals surface area (Å²) in [5.41, 5.74) is 11.2. The highest BCUT2D eigenvalue weighted by atomic mass is 16.3. The zero-order valence-electron chi connectivity index (χ0n) is 26.4. The number of rotatable bonds is 5. The van der Waals surface area contributed by atoms with Gasteiger partial charge in [-0.25, -0.2) is 0 Å². The molecule has 7 aromatic carbocycles. The molecule has 0 atom stereocenters. The molecule has 10 rings (SSSR count). The topological polar surface area (TPSA) is 42.4 Å². The number of para-hydroxylation sites is 2. The number of aromatic nitrogens is 1. The van der Waals surface area contributed by atoms with Gasteiger partial charge in [-0.3, -0.25) is 4.98 Å². The first-order chi connectivity index (χ1) is 24.3. The third-order valence-corrected chi connectivity index (χ3v) is 9.57. The summed E-state index contributed by atoms with van der Waals surface area (Å²) in [6, 6.07) is 55.6. The Morgan fingerprint density at radius 2 is 1.16 bits per heavy atom. The minimum atomic E-state index is 0.802. The van der Waals surface area contributed by atoms with E-state index < -0.39 is 0 Å². The van der Waals surface area contributed by atoms with Gasteiger partial charge < -0.3 is 13.7 Å². The van der Waals surface area contributed by atoms with E-state index in [0.717, 1.165) is 83.2 Å². The lowest BCUT2D eigenvalue weighted by Crippen LogP contribution is -2.11. The molecule has 10 aromatic rings. The smallest absolute Gasteiger partial charge is 0.153 e.